The van der Waals surface area contributed by atoms with Crippen molar-refractivity contribution in [3.63, 3.8) is 0 Å². The van der Waals surface area contributed by atoms with E-state index in [9.17, 15) is 0 Å². The largest absolute Gasteiger partial charge is 0.254 e. The first-order valence-corrected chi connectivity index (χ1v) is 9.23. The monoisotopic (exact) mass is 364 g/mol. The molecule has 0 aromatic heterocycles. The summed E-state index contributed by atoms with van der Waals surface area (Å²) in [5.74, 6) is 0. The van der Waals surface area contributed by atoms with Crippen molar-refractivity contribution in [2.24, 2.45) is 9.98 Å². The Kier molecular flexibility index (Phi) is 6.13. The molecule has 0 fully saturated rings. The topological polar surface area (TPSA) is 24.7 Å². The molecule has 138 valence electrons. The standard InChI is InChI=1S/C26H24N2/c1-5-21-7-11-23(12-8-21)17-27-25-15-19(3)20(4)16-26(25)28-18-24-13-9-22(6-2)10-14-24/h5-18H,1-2H2,3-4H3. The zero-order valence-corrected chi connectivity index (χ0v) is 16.4. The minimum absolute atomic E-state index is 0.856. The summed E-state index contributed by atoms with van der Waals surface area (Å²) in [4.78, 5) is 9.39. The minimum Gasteiger partial charge on any atom is -0.254 e. The molecule has 0 heterocycles. The molecule has 0 aliphatic carbocycles. The van der Waals surface area contributed by atoms with Gasteiger partial charge in [-0.25, -0.2) is 0 Å². The average Bonchev–Trinajstić information content (AvgIpc) is 2.74. The van der Waals surface area contributed by atoms with Gasteiger partial charge < -0.3 is 0 Å². The first-order chi connectivity index (χ1) is 13.6. The molecule has 3 rings (SSSR count). The zero-order chi connectivity index (χ0) is 19.9. The Morgan fingerprint density at radius 2 is 0.893 bits per heavy atom. The summed E-state index contributed by atoms with van der Waals surface area (Å²) in [6.07, 6.45) is 7.40. The smallest absolute Gasteiger partial charge is 0.0889 e. The molecule has 0 bridgehead atoms. The lowest BCUT2D eigenvalue weighted by Gasteiger charge is -2.06. The molecule has 0 radical (unpaired) electrons. The van der Waals surface area contributed by atoms with E-state index in [0.717, 1.165) is 33.6 Å². The summed E-state index contributed by atoms with van der Waals surface area (Å²) < 4.78 is 0. The molecule has 2 heteroatoms. The van der Waals surface area contributed by atoms with Crippen LogP contribution in [-0.4, -0.2) is 12.4 Å². The molecule has 2 nitrogen and oxygen atoms in total. The molecule has 3 aromatic rings. The van der Waals surface area contributed by atoms with Gasteiger partial charge in [0, 0.05) is 12.4 Å². The third kappa shape index (κ3) is 4.80. The van der Waals surface area contributed by atoms with Crippen LogP contribution in [0.25, 0.3) is 12.2 Å². The first kappa shape index (κ1) is 19.2. The summed E-state index contributed by atoms with van der Waals surface area (Å²) in [6.45, 7) is 11.8. The van der Waals surface area contributed by atoms with Crippen molar-refractivity contribution in [3.05, 3.63) is 107 Å². The van der Waals surface area contributed by atoms with Crippen molar-refractivity contribution in [1.29, 1.82) is 0 Å². The molecular weight excluding hydrogens is 340 g/mol. The molecule has 0 unspecified atom stereocenters. The summed E-state index contributed by atoms with van der Waals surface area (Å²) in [6, 6.07) is 20.4. The van der Waals surface area contributed by atoms with Crippen molar-refractivity contribution in [1.82, 2.24) is 0 Å². The van der Waals surface area contributed by atoms with Crippen molar-refractivity contribution in [3.8, 4) is 0 Å². The number of aliphatic imine (C=N–C) groups is 2. The fourth-order valence-electron chi connectivity index (χ4n) is 2.72. The first-order valence-electron chi connectivity index (χ1n) is 9.23. The Morgan fingerprint density at radius 3 is 1.21 bits per heavy atom. The van der Waals surface area contributed by atoms with Crippen molar-refractivity contribution in [2.75, 3.05) is 0 Å². The van der Waals surface area contributed by atoms with E-state index >= 15 is 0 Å². The second-order valence-corrected chi connectivity index (χ2v) is 6.68. The van der Waals surface area contributed by atoms with Crippen molar-refractivity contribution in [2.45, 2.75) is 13.8 Å². The Labute approximate surface area is 167 Å². The normalized spacial score (nSPS) is 11.2. The second-order valence-electron chi connectivity index (χ2n) is 6.68. The molecule has 0 saturated carbocycles. The van der Waals surface area contributed by atoms with E-state index in [1.807, 2.05) is 73.1 Å². The van der Waals surface area contributed by atoms with Gasteiger partial charge in [0.15, 0.2) is 0 Å². The zero-order valence-electron chi connectivity index (χ0n) is 16.4. The van der Waals surface area contributed by atoms with Crippen molar-refractivity contribution < 1.29 is 0 Å². The average molecular weight is 364 g/mol. The quantitative estimate of drug-likeness (QED) is 0.417. The number of nitrogens with zero attached hydrogens (tertiary/aromatic N) is 2. The van der Waals surface area contributed by atoms with Crippen LogP contribution in [0.15, 0.2) is 83.8 Å². The lowest BCUT2D eigenvalue weighted by Crippen LogP contribution is -1.85. The third-order valence-electron chi connectivity index (χ3n) is 4.64. The van der Waals surface area contributed by atoms with Gasteiger partial charge in [-0.2, -0.15) is 0 Å². The molecule has 0 amide bonds. The summed E-state index contributed by atoms with van der Waals surface area (Å²) in [7, 11) is 0. The SMILES string of the molecule is C=Cc1ccc(C=Nc2cc(C)c(C)cc2N=Cc2ccc(C=C)cc2)cc1. The van der Waals surface area contributed by atoms with Gasteiger partial charge in [0.25, 0.3) is 0 Å². The van der Waals surface area contributed by atoms with Gasteiger partial charge >= 0.3 is 0 Å². The number of benzene rings is 3. The highest BCUT2D eigenvalue weighted by Gasteiger charge is 2.03. The van der Waals surface area contributed by atoms with E-state index in [1.165, 1.54) is 11.1 Å². The second kappa shape index (κ2) is 8.92. The van der Waals surface area contributed by atoms with Crippen LogP contribution in [0.2, 0.25) is 0 Å². The fourth-order valence-corrected chi connectivity index (χ4v) is 2.72. The van der Waals surface area contributed by atoms with Crippen LogP contribution in [0.5, 0.6) is 0 Å². The predicted octanol–water partition coefficient (Wildman–Crippen LogP) is 7.09. The van der Waals surface area contributed by atoms with Crippen molar-refractivity contribution >= 4 is 36.0 Å². The van der Waals surface area contributed by atoms with Crippen LogP contribution in [-0.2, 0) is 0 Å². The van der Waals surface area contributed by atoms with Crippen LogP contribution in [0.1, 0.15) is 33.4 Å². The highest BCUT2D eigenvalue weighted by molar-refractivity contribution is 5.87. The Balaban J connectivity index is 1.90. The lowest BCUT2D eigenvalue weighted by molar-refractivity contribution is 1.31. The number of aryl methyl sites for hydroxylation is 2. The molecule has 0 aliphatic heterocycles. The molecule has 3 aromatic carbocycles. The maximum Gasteiger partial charge on any atom is 0.0889 e. The van der Waals surface area contributed by atoms with E-state index in [0.29, 0.717) is 0 Å². The lowest BCUT2D eigenvalue weighted by atomic mass is 10.1. The van der Waals surface area contributed by atoms with Crippen LogP contribution < -0.4 is 0 Å². The Hall–Kier alpha value is -3.52. The van der Waals surface area contributed by atoms with E-state index in [-0.39, 0.29) is 0 Å². The molecular formula is C26H24N2. The summed E-state index contributed by atoms with van der Waals surface area (Å²) in [5, 5.41) is 0. The molecule has 0 saturated heterocycles. The molecule has 0 atom stereocenters. The van der Waals surface area contributed by atoms with Gasteiger partial charge in [-0.05, 0) is 59.4 Å². The minimum atomic E-state index is 0.856. The summed E-state index contributed by atoms with van der Waals surface area (Å²) in [5.41, 5.74) is 8.38. The van der Waals surface area contributed by atoms with Gasteiger partial charge in [0.2, 0.25) is 0 Å². The number of rotatable bonds is 6. The Bertz CT molecular complexity index is 951. The number of hydrogen-bond donors (Lipinski definition) is 0. The van der Waals surface area contributed by atoms with E-state index in [2.05, 4.69) is 39.1 Å². The van der Waals surface area contributed by atoms with Gasteiger partial charge in [-0.3, -0.25) is 9.98 Å². The highest BCUT2D eigenvalue weighted by Crippen LogP contribution is 2.31. The van der Waals surface area contributed by atoms with Crippen LogP contribution in [0.4, 0.5) is 11.4 Å². The Morgan fingerprint density at radius 1 is 0.571 bits per heavy atom. The van der Waals surface area contributed by atoms with Gasteiger partial charge in [0.1, 0.15) is 0 Å². The van der Waals surface area contributed by atoms with E-state index in [1.54, 1.807) is 0 Å². The van der Waals surface area contributed by atoms with Gasteiger partial charge in [0.05, 0.1) is 11.4 Å². The third-order valence-corrected chi connectivity index (χ3v) is 4.64. The van der Waals surface area contributed by atoms with Crippen LogP contribution in [0, 0.1) is 13.8 Å². The summed E-state index contributed by atoms with van der Waals surface area (Å²) >= 11 is 0. The van der Waals surface area contributed by atoms with E-state index in [4.69, 9.17) is 9.98 Å². The fraction of sp³-hybridized carbons (Fsp3) is 0.0769. The van der Waals surface area contributed by atoms with Crippen LogP contribution in [0.3, 0.4) is 0 Å². The maximum atomic E-state index is 4.70. The molecule has 28 heavy (non-hydrogen) atoms. The van der Waals surface area contributed by atoms with E-state index < -0.39 is 0 Å². The van der Waals surface area contributed by atoms with Gasteiger partial charge in [-0.1, -0.05) is 73.8 Å². The maximum absolute atomic E-state index is 4.70. The van der Waals surface area contributed by atoms with Gasteiger partial charge in [-0.15, -0.1) is 0 Å². The molecule has 0 spiro atoms. The highest BCUT2D eigenvalue weighted by atomic mass is 14.8. The molecule has 0 aliphatic rings. The molecule has 0 N–H and O–H groups in total. The van der Waals surface area contributed by atoms with Crippen LogP contribution >= 0.6 is 0 Å². The number of hydrogen-bond acceptors (Lipinski definition) is 2. The predicted molar refractivity (Wildman–Crippen MR) is 123 cm³/mol.